The van der Waals surface area contributed by atoms with Crippen LogP contribution in [-0.2, 0) is 14.3 Å². The van der Waals surface area contributed by atoms with Crippen molar-refractivity contribution in [2.24, 2.45) is 11.8 Å². The molecular formula is C10H19NO3. The zero-order valence-electron chi connectivity index (χ0n) is 9.46. The summed E-state index contributed by atoms with van der Waals surface area (Å²) < 4.78 is 4.60. The number of hydrogen-bond acceptors (Lipinski definition) is 3. The Morgan fingerprint density at radius 1 is 1.14 bits per heavy atom. The molecule has 0 radical (unpaired) electrons. The first-order chi connectivity index (χ1) is 6.40. The molecule has 0 rings (SSSR count). The van der Waals surface area contributed by atoms with E-state index in [9.17, 15) is 9.59 Å². The number of carbonyl (C=O) groups excluding carboxylic acids is 2. The number of rotatable bonds is 4. The average molecular weight is 201 g/mol. The van der Waals surface area contributed by atoms with Crippen LogP contribution in [0.2, 0.25) is 0 Å². The van der Waals surface area contributed by atoms with Gasteiger partial charge in [-0.1, -0.05) is 27.7 Å². The van der Waals surface area contributed by atoms with Crippen molar-refractivity contribution in [3.63, 3.8) is 0 Å². The Morgan fingerprint density at radius 3 is 1.93 bits per heavy atom. The van der Waals surface area contributed by atoms with E-state index in [0.29, 0.717) is 0 Å². The van der Waals surface area contributed by atoms with Crippen LogP contribution in [0.5, 0.6) is 0 Å². The van der Waals surface area contributed by atoms with Crippen molar-refractivity contribution >= 4 is 11.9 Å². The SMILES string of the molecule is COC(=O)[C@@H](NC(=O)C(C)C)C(C)C. The molecule has 14 heavy (non-hydrogen) atoms. The lowest BCUT2D eigenvalue weighted by Gasteiger charge is -2.20. The molecule has 0 aliphatic carbocycles. The van der Waals surface area contributed by atoms with E-state index in [1.807, 2.05) is 13.8 Å². The zero-order chi connectivity index (χ0) is 11.3. The Morgan fingerprint density at radius 2 is 1.64 bits per heavy atom. The van der Waals surface area contributed by atoms with Crippen molar-refractivity contribution in [2.45, 2.75) is 33.7 Å². The molecule has 0 fully saturated rings. The molecule has 4 heteroatoms. The fourth-order valence-electron chi connectivity index (χ4n) is 0.945. The predicted octanol–water partition coefficient (Wildman–Crippen LogP) is 0.956. The molecule has 0 saturated heterocycles. The number of hydrogen-bond donors (Lipinski definition) is 1. The van der Waals surface area contributed by atoms with Gasteiger partial charge in [-0.3, -0.25) is 4.79 Å². The summed E-state index contributed by atoms with van der Waals surface area (Å²) in [5.41, 5.74) is 0. The van der Waals surface area contributed by atoms with Gasteiger partial charge in [0.1, 0.15) is 6.04 Å². The van der Waals surface area contributed by atoms with Gasteiger partial charge >= 0.3 is 5.97 Å². The highest BCUT2D eigenvalue weighted by Gasteiger charge is 2.25. The van der Waals surface area contributed by atoms with Crippen molar-refractivity contribution in [3.05, 3.63) is 0 Å². The van der Waals surface area contributed by atoms with Crippen LogP contribution in [0.15, 0.2) is 0 Å². The highest BCUT2D eigenvalue weighted by molar-refractivity contribution is 5.85. The van der Waals surface area contributed by atoms with Gasteiger partial charge in [0.25, 0.3) is 0 Å². The topological polar surface area (TPSA) is 55.4 Å². The Kier molecular flexibility index (Phi) is 5.20. The fraction of sp³-hybridized carbons (Fsp3) is 0.800. The highest BCUT2D eigenvalue weighted by Crippen LogP contribution is 2.05. The molecule has 0 aliphatic rings. The van der Waals surface area contributed by atoms with Crippen molar-refractivity contribution < 1.29 is 14.3 Å². The number of ether oxygens (including phenoxy) is 1. The van der Waals surface area contributed by atoms with Crippen molar-refractivity contribution in [2.75, 3.05) is 7.11 Å². The van der Waals surface area contributed by atoms with Gasteiger partial charge in [0, 0.05) is 5.92 Å². The van der Waals surface area contributed by atoms with Crippen LogP contribution in [0.1, 0.15) is 27.7 Å². The van der Waals surface area contributed by atoms with E-state index >= 15 is 0 Å². The first-order valence-electron chi connectivity index (χ1n) is 4.78. The molecule has 82 valence electrons. The standard InChI is InChI=1S/C10H19NO3/c1-6(2)8(10(13)14-5)11-9(12)7(3)4/h6-8H,1-5H3,(H,11,12)/t8-/m0/s1. The molecule has 0 saturated carbocycles. The number of methoxy groups -OCH3 is 1. The van der Waals surface area contributed by atoms with Gasteiger partial charge in [0.05, 0.1) is 7.11 Å². The van der Waals surface area contributed by atoms with Crippen molar-refractivity contribution in [1.82, 2.24) is 5.32 Å². The molecule has 1 amide bonds. The van der Waals surface area contributed by atoms with Crippen molar-refractivity contribution in [3.8, 4) is 0 Å². The third-order valence-electron chi connectivity index (χ3n) is 1.94. The van der Waals surface area contributed by atoms with Gasteiger partial charge in [-0.15, -0.1) is 0 Å². The molecular weight excluding hydrogens is 182 g/mol. The summed E-state index contributed by atoms with van der Waals surface area (Å²) in [6.45, 7) is 7.29. The van der Waals surface area contributed by atoms with Gasteiger partial charge in [0.15, 0.2) is 0 Å². The van der Waals surface area contributed by atoms with E-state index in [1.165, 1.54) is 7.11 Å². The molecule has 0 aliphatic heterocycles. The highest BCUT2D eigenvalue weighted by atomic mass is 16.5. The zero-order valence-corrected chi connectivity index (χ0v) is 9.46. The second-order valence-corrected chi connectivity index (χ2v) is 3.91. The second-order valence-electron chi connectivity index (χ2n) is 3.91. The fourth-order valence-corrected chi connectivity index (χ4v) is 0.945. The van der Waals surface area contributed by atoms with Gasteiger partial charge in [-0.2, -0.15) is 0 Å². The van der Waals surface area contributed by atoms with E-state index in [1.54, 1.807) is 13.8 Å². The van der Waals surface area contributed by atoms with E-state index in [2.05, 4.69) is 10.1 Å². The summed E-state index contributed by atoms with van der Waals surface area (Å²) >= 11 is 0. The summed E-state index contributed by atoms with van der Waals surface area (Å²) in [4.78, 5) is 22.6. The van der Waals surface area contributed by atoms with Gasteiger partial charge in [0.2, 0.25) is 5.91 Å². The number of nitrogens with one attached hydrogen (secondary N) is 1. The summed E-state index contributed by atoms with van der Waals surface area (Å²) in [6.07, 6.45) is 0. The first-order valence-corrected chi connectivity index (χ1v) is 4.78. The van der Waals surface area contributed by atoms with Crippen LogP contribution in [-0.4, -0.2) is 25.0 Å². The maximum Gasteiger partial charge on any atom is 0.328 e. The molecule has 1 atom stereocenters. The minimum Gasteiger partial charge on any atom is -0.467 e. The molecule has 0 spiro atoms. The summed E-state index contributed by atoms with van der Waals surface area (Å²) in [7, 11) is 1.32. The van der Waals surface area contributed by atoms with Crippen LogP contribution in [0.25, 0.3) is 0 Å². The molecule has 1 N–H and O–H groups in total. The van der Waals surface area contributed by atoms with Gasteiger partial charge in [-0.25, -0.2) is 4.79 Å². The summed E-state index contributed by atoms with van der Waals surface area (Å²) in [5, 5.41) is 2.65. The largest absolute Gasteiger partial charge is 0.467 e. The van der Waals surface area contributed by atoms with Crippen LogP contribution in [0.4, 0.5) is 0 Å². The maximum atomic E-state index is 11.4. The number of amides is 1. The van der Waals surface area contributed by atoms with E-state index in [-0.39, 0.29) is 17.7 Å². The first kappa shape index (κ1) is 12.9. The Hall–Kier alpha value is -1.06. The lowest BCUT2D eigenvalue weighted by Crippen LogP contribution is -2.46. The third-order valence-corrected chi connectivity index (χ3v) is 1.94. The van der Waals surface area contributed by atoms with Crippen LogP contribution >= 0.6 is 0 Å². The Labute approximate surface area is 85.0 Å². The van der Waals surface area contributed by atoms with E-state index in [4.69, 9.17) is 0 Å². The minimum atomic E-state index is -0.546. The molecule has 0 aromatic rings. The Bertz CT molecular complexity index is 211. The van der Waals surface area contributed by atoms with E-state index < -0.39 is 12.0 Å². The third kappa shape index (κ3) is 3.77. The molecule has 0 aromatic heterocycles. The van der Waals surface area contributed by atoms with E-state index in [0.717, 1.165) is 0 Å². The molecule has 0 bridgehead atoms. The smallest absolute Gasteiger partial charge is 0.328 e. The van der Waals surface area contributed by atoms with Crippen LogP contribution in [0.3, 0.4) is 0 Å². The average Bonchev–Trinajstić information content (AvgIpc) is 2.11. The van der Waals surface area contributed by atoms with Crippen LogP contribution < -0.4 is 5.32 Å². The second kappa shape index (κ2) is 5.62. The van der Waals surface area contributed by atoms with Gasteiger partial charge in [-0.05, 0) is 5.92 Å². The van der Waals surface area contributed by atoms with Gasteiger partial charge < -0.3 is 10.1 Å². The number of esters is 1. The summed E-state index contributed by atoms with van der Waals surface area (Å²) in [6, 6.07) is -0.546. The quantitative estimate of drug-likeness (QED) is 0.689. The van der Waals surface area contributed by atoms with Crippen molar-refractivity contribution in [1.29, 1.82) is 0 Å². The molecule has 4 nitrogen and oxygen atoms in total. The summed E-state index contributed by atoms with van der Waals surface area (Å²) in [5.74, 6) is -0.617. The maximum absolute atomic E-state index is 11.4. The lowest BCUT2D eigenvalue weighted by molar-refractivity contribution is -0.146. The number of carbonyl (C=O) groups is 2. The van der Waals surface area contributed by atoms with Crippen LogP contribution in [0, 0.1) is 11.8 Å². The molecule has 0 aromatic carbocycles. The monoisotopic (exact) mass is 201 g/mol. The lowest BCUT2D eigenvalue weighted by atomic mass is 10.0. The predicted molar refractivity (Wildman–Crippen MR) is 53.6 cm³/mol. The minimum absolute atomic E-state index is 0.0325. The Balaban J connectivity index is 4.38. The molecule has 0 unspecified atom stereocenters. The normalized spacial score (nSPS) is 12.8. The molecule has 0 heterocycles.